The van der Waals surface area contributed by atoms with E-state index in [0.717, 1.165) is 0 Å². The monoisotopic (exact) mass is 246 g/mol. The smallest absolute Gasteiger partial charge is 0.464 e. The third-order valence-corrected chi connectivity index (χ3v) is 1.70. The van der Waals surface area contributed by atoms with Crippen molar-refractivity contribution >= 4 is 12.5 Å². The van der Waals surface area contributed by atoms with Gasteiger partial charge >= 0.3 is 6.36 Å². The molecule has 1 aromatic rings. The summed E-state index contributed by atoms with van der Waals surface area (Å²) in [5, 5.41) is 0. The van der Waals surface area contributed by atoms with Gasteiger partial charge in [-0.2, -0.15) is 0 Å². The van der Waals surface area contributed by atoms with E-state index in [4.69, 9.17) is 0 Å². The Morgan fingerprint density at radius 1 is 1.24 bits per heavy atom. The van der Waals surface area contributed by atoms with Crippen LogP contribution in [0.2, 0.25) is 0 Å². The van der Waals surface area contributed by atoms with E-state index in [0.29, 0.717) is 0 Å². The summed E-state index contributed by atoms with van der Waals surface area (Å²) in [6.45, 7) is 0.242. The van der Waals surface area contributed by atoms with E-state index in [2.05, 4.69) is 9.47 Å². The third-order valence-electron chi connectivity index (χ3n) is 1.70. The van der Waals surface area contributed by atoms with Gasteiger partial charge in [0.1, 0.15) is 12.4 Å². The highest BCUT2D eigenvalue weighted by Gasteiger charge is 2.31. The van der Waals surface area contributed by atoms with Crippen LogP contribution in [0.25, 0.3) is 6.08 Å². The third kappa shape index (κ3) is 5.05. The lowest BCUT2D eigenvalue weighted by Crippen LogP contribution is -2.17. The van der Waals surface area contributed by atoms with Crippen molar-refractivity contribution in [2.24, 2.45) is 0 Å². The zero-order chi connectivity index (χ0) is 12.7. The summed E-state index contributed by atoms with van der Waals surface area (Å²) in [6.07, 6.45) is -1.94. The SMILES string of the molecule is O=COCC=Cc1ccccc1OC(F)(F)F. The molecule has 0 aliphatic carbocycles. The zero-order valence-electron chi connectivity index (χ0n) is 8.61. The maximum Gasteiger partial charge on any atom is 0.573 e. The molecule has 1 aromatic carbocycles. The van der Waals surface area contributed by atoms with Gasteiger partial charge in [-0.25, -0.2) is 0 Å². The van der Waals surface area contributed by atoms with Gasteiger partial charge in [-0.3, -0.25) is 4.79 Å². The molecule has 3 nitrogen and oxygen atoms in total. The van der Waals surface area contributed by atoms with Crippen molar-refractivity contribution in [2.45, 2.75) is 6.36 Å². The second-order valence-corrected chi connectivity index (χ2v) is 2.92. The van der Waals surface area contributed by atoms with E-state index >= 15 is 0 Å². The predicted octanol–water partition coefficient (Wildman–Crippen LogP) is 2.77. The average molecular weight is 246 g/mol. The Morgan fingerprint density at radius 3 is 2.59 bits per heavy atom. The lowest BCUT2D eigenvalue weighted by molar-refractivity contribution is -0.274. The van der Waals surface area contributed by atoms with Crippen LogP contribution in [0.1, 0.15) is 5.56 Å². The summed E-state index contributed by atoms with van der Waals surface area (Å²) < 4.78 is 44.3. The van der Waals surface area contributed by atoms with Crippen molar-refractivity contribution in [3.8, 4) is 5.75 Å². The van der Waals surface area contributed by atoms with Gasteiger partial charge in [-0.1, -0.05) is 24.3 Å². The molecule has 0 radical (unpaired) electrons. The lowest BCUT2D eigenvalue weighted by Gasteiger charge is -2.10. The lowest BCUT2D eigenvalue weighted by atomic mass is 10.2. The number of carbonyl (C=O) groups is 1. The Hall–Kier alpha value is -1.98. The molecule has 0 aromatic heterocycles. The van der Waals surface area contributed by atoms with Gasteiger partial charge < -0.3 is 9.47 Å². The second kappa shape index (κ2) is 5.93. The molecule has 17 heavy (non-hydrogen) atoms. The molecular formula is C11H9F3O3. The molecule has 0 saturated carbocycles. The topological polar surface area (TPSA) is 35.5 Å². The Kier molecular flexibility index (Phi) is 4.56. The van der Waals surface area contributed by atoms with Crippen LogP contribution in [0.4, 0.5) is 13.2 Å². The van der Waals surface area contributed by atoms with Gasteiger partial charge in [0.15, 0.2) is 0 Å². The second-order valence-electron chi connectivity index (χ2n) is 2.92. The van der Waals surface area contributed by atoms with E-state index in [9.17, 15) is 18.0 Å². The fraction of sp³-hybridized carbons (Fsp3) is 0.182. The quantitative estimate of drug-likeness (QED) is 0.592. The molecule has 0 N–H and O–H groups in total. The van der Waals surface area contributed by atoms with Crippen LogP contribution >= 0.6 is 0 Å². The van der Waals surface area contributed by atoms with Crippen LogP contribution in [0, 0.1) is 0 Å². The highest BCUT2D eigenvalue weighted by molar-refractivity contribution is 5.57. The summed E-state index contributed by atoms with van der Waals surface area (Å²) in [5.41, 5.74) is 0.249. The van der Waals surface area contributed by atoms with Crippen LogP contribution in [-0.2, 0) is 9.53 Å². The standard InChI is InChI=1S/C11H9F3O3/c12-11(13,14)17-10-6-2-1-4-9(10)5-3-7-16-8-15/h1-6,8H,7H2. The molecule has 0 spiro atoms. The fourth-order valence-corrected chi connectivity index (χ4v) is 1.11. The van der Waals surface area contributed by atoms with Crippen molar-refractivity contribution in [1.82, 2.24) is 0 Å². The largest absolute Gasteiger partial charge is 0.573 e. The summed E-state index contributed by atoms with van der Waals surface area (Å²) in [5.74, 6) is -0.303. The maximum absolute atomic E-state index is 12.0. The number of benzene rings is 1. The first-order chi connectivity index (χ1) is 8.03. The van der Waals surface area contributed by atoms with Crippen molar-refractivity contribution < 1.29 is 27.4 Å². The van der Waals surface area contributed by atoms with Crippen molar-refractivity contribution in [3.05, 3.63) is 35.9 Å². The van der Waals surface area contributed by atoms with Gasteiger partial charge in [0.25, 0.3) is 6.47 Å². The number of rotatable bonds is 5. The summed E-state index contributed by atoms with van der Waals surface area (Å²) in [7, 11) is 0. The van der Waals surface area contributed by atoms with Crippen LogP contribution in [0.15, 0.2) is 30.3 Å². The number of para-hydroxylation sites is 1. The minimum absolute atomic E-state index is 0.0101. The molecule has 0 saturated heterocycles. The Morgan fingerprint density at radius 2 is 1.94 bits per heavy atom. The zero-order valence-corrected chi connectivity index (χ0v) is 8.61. The fourth-order valence-electron chi connectivity index (χ4n) is 1.11. The van der Waals surface area contributed by atoms with Crippen LogP contribution in [0.5, 0.6) is 5.75 Å². The number of halogens is 3. The first kappa shape index (κ1) is 13.1. The number of alkyl halides is 3. The highest BCUT2D eigenvalue weighted by Crippen LogP contribution is 2.26. The normalized spacial score (nSPS) is 11.5. The van der Waals surface area contributed by atoms with Crippen LogP contribution < -0.4 is 4.74 Å². The van der Waals surface area contributed by atoms with Gasteiger partial charge in [0.2, 0.25) is 0 Å². The molecule has 6 heteroatoms. The molecule has 0 bridgehead atoms. The minimum Gasteiger partial charge on any atom is -0.464 e. The first-order valence-corrected chi connectivity index (χ1v) is 4.59. The maximum atomic E-state index is 12.0. The highest BCUT2D eigenvalue weighted by atomic mass is 19.4. The number of carbonyl (C=O) groups excluding carboxylic acids is 1. The van der Waals surface area contributed by atoms with E-state index in [1.807, 2.05) is 0 Å². The number of hydrogen-bond donors (Lipinski definition) is 0. The first-order valence-electron chi connectivity index (χ1n) is 4.59. The summed E-state index contributed by atoms with van der Waals surface area (Å²) in [6, 6.07) is 5.66. The average Bonchev–Trinajstić information content (AvgIpc) is 2.24. The molecular weight excluding hydrogens is 237 g/mol. The van der Waals surface area contributed by atoms with E-state index in [1.54, 1.807) is 6.07 Å². The van der Waals surface area contributed by atoms with E-state index in [1.165, 1.54) is 30.4 Å². The Balaban J connectivity index is 2.77. The summed E-state index contributed by atoms with van der Waals surface area (Å²) >= 11 is 0. The molecule has 0 heterocycles. The van der Waals surface area contributed by atoms with Crippen molar-refractivity contribution in [1.29, 1.82) is 0 Å². The van der Waals surface area contributed by atoms with Gasteiger partial charge in [-0.15, -0.1) is 13.2 Å². The molecule has 0 atom stereocenters. The number of hydrogen-bond acceptors (Lipinski definition) is 3. The van der Waals surface area contributed by atoms with Crippen LogP contribution in [-0.4, -0.2) is 19.4 Å². The minimum atomic E-state index is -4.73. The Bertz CT molecular complexity index is 399. The Labute approximate surface area is 95.5 Å². The van der Waals surface area contributed by atoms with Gasteiger partial charge in [0, 0.05) is 5.56 Å². The van der Waals surface area contributed by atoms with E-state index in [-0.39, 0.29) is 24.4 Å². The number of ether oxygens (including phenoxy) is 2. The van der Waals surface area contributed by atoms with Crippen molar-refractivity contribution in [3.63, 3.8) is 0 Å². The molecule has 92 valence electrons. The van der Waals surface area contributed by atoms with E-state index < -0.39 is 6.36 Å². The molecule has 0 aliphatic heterocycles. The van der Waals surface area contributed by atoms with Gasteiger partial charge in [0.05, 0.1) is 0 Å². The summed E-state index contributed by atoms with van der Waals surface area (Å²) in [4.78, 5) is 9.84. The van der Waals surface area contributed by atoms with Crippen LogP contribution in [0.3, 0.4) is 0 Å². The molecule has 0 fully saturated rings. The molecule has 1 rings (SSSR count). The predicted molar refractivity (Wildman–Crippen MR) is 54.2 cm³/mol. The molecule has 0 unspecified atom stereocenters. The van der Waals surface area contributed by atoms with Gasteiger partial charge in [-0.05, 0) is 12.1 Å². The molecule has 0 aliphatic rings. The van der Waals surface area contributed by atoms with Crippen molar-refractivity contribution in [2.75, 3.05) is 6.61 Å². The molecule has 0 amide bonds.